The van der Waals surface area contributed by atoms with E-state index in [-0.39, 0.29) is 6.04 Å². The lowest BCUT2D eigenvalue weighted by Gasteiger charge is -2.34. The summed E-state index contributed by atoms with van der Waals surface area (Å²) in [6.07, 6.45) is 11.0. The van der Waals surface area contributed by atoms with Gasteiger partial charge in [-0.1, -0.05) is 0 Å². The molecule has 0 spiro atoms. The molecule has 1 aliphatic heterocycles. The SMILES string of the molecule is c1cc(COC[C@H]2CN(Cc3ccoc3)Cc3cncn32)ccn1. The van der Waals surface area contributed by atoms with Crippen LogP contribution >= 0.6 is 0 Å². The largest absolute Gasteiger partial charge is 0.472 e. The third-order valence-corrected chi connectivity index (χ3v) is 4.31. The van der Waals surface area contributed by atoms with E-state index in [4.69, 9.17) is 9.15 Å². The molecule has 124 valence electrons. The third kappa shape index (κ3) is 3.39. The van der Waals surface area contributed by atoms with Crippen LogP contribution in [0.15, 0.2) is 60.1 Å². The van der Waals surface area contributed by atoms with Crippen LogP contribution in [0.1, 0.15) is 22.9 Å². The van der Waals surface area contributed by atoms with E-state index in [0.29, 0.717) is 13.2 Å². The van der Waals surface area contributed by atoms with Gasteiger partial charge in [0.05, 0.1) is 43.8 Å². The van der Waals surface area contributed by atoms with Crippen LogP contribution < -0.4 is 0 Å². The molecule has 3 aromatic rings. The monoisotopic (exact) mass is 324 g/mol. The van der Waals surface area contributed by atoms with Gasteiger partial charge in [0.25, 0.3) is 0 Å². The first-order valence-corrected chi connectivity index (χ1v) is 8.09. The van der Waals surface area contributed by atoms with Crippen LogP contribution in [0.2, 0.25) is 0 Å². The number of fused-ring (bicyclic) bond motifs is 1. The fourth-order valence-corrected chi connectivity index (χ4v) is 3.15. The van der Waals surface area contributed by atoms with Crippen LogP contribution in [-0.2, 0) is 24.4 Å². The molecule has 4 rings (SSSR count). The highest BCUT2D eigenvalue weighted by molar-refractivity contribution is 5.10. The summed E-state index contributed by atoms with van der Waals surface area (Å²) in [5.74, 6) is 0. The minimum absolute atomic E-state index is 0.269. The zero-order valence-electron chi connectivity index (χ0n) is 13.4. The number of aromatic nitrogens is 3. The molecule has 0 bridgehead atoms. The minimum atomic E-state index is 0.269. The van der Waals surface area contributed by atoms with E-state index in [9.17, 15) is 0 Å². The van der Waals surface area contributed by atoms with E-state index >= 15 is 0 Å². The molecule has 0 aliphatic carbocycles. The van der Waals surface area contributed by atoms with Crippen LogP contribution in [0.3, 0.4) is 0 Å². The van der Waals surface area contributed by atoms with E-state index in [1.807, 2.05) is 30.7 Å². The van der Waals surface area contributed by atoms with Crippen molar-refractivity contribution >= 4 is 0 Å². The highest BCUT2D eigenvalue weighted by Gasteiger charge is 2.25. The Hall–Kier alpha value is -2.44. The molecular formula is C18H20N4O2. The van der Waals surface area contributed by atoms with Gasteiger partial charge in [0.15, 0.2) is 0 Å². The van der Waals surface area contributed by atoms with Gasteiger partial charge in [-0.3, -0.25) is 9.88 Å². The molecule has 3 aromatic heterocycles. The lowest BCUT2D eigenvalue weighted by atomic mass is 10.1. The molecule has 6 nitrogen and oxygen atoms in total. The maximum atomic E-state index is 5.95. The number of furan rings is 1. The van der Waals surface area contributed by atoms with Crippen LogP contribution in [0.4, 0.5) is 0 Å². The molecule has 0 saturated heterocycles. The van der Waals surface area contributed by atoms with Gasteiger partial charge in [-0.15, -0.1) is 0 Å². The van der Waals surface area contributed by atoms with Gasteiger partial charge in [0.1, 0.15) is 0 Å². The highest BCUT2D eigenvalue weighted by atomic mass is 16.5. The molecule has 0 N–H and O–H groups in total. The fraction of sp³-hybridized carbons (Fsp3) is 0.333. The second-order valence-electron chi connectivity index (χ2n) is 6.12. The Morgan fingerprint density at radius 1 is 1.17 bits per heavy atom. The zero-order valence-corrected chi connectivity index (χ0v) is 13.4. The van der Waals surface area contributed by atoms with Crippen molar-refractivity contribution in [2.45, 2.75) is 25.7 Å². The first-order valence-electron chi connectivity index (χ1n) is 8.09. The summed E-state index contributed by atoms with van der Waals surface area (Å²) in [6.45, 7) is 3.97. The molecule has 0 aromatic carbocycles. The van der Waals surface area contributed by atoms with Gasteiger partial charge in [0, 0.05) is 43.8 Å². The molecule has 0 saturated carbocycles. The summed E-state index contributed by atoms with van der Waals surface area (Å²) >= 11 is 0. The normalized spacial score (nSPS) is 17.8. The number of nitrogens with zero attached hydrogens (tertiary/aromatic N) is 4. The van der Waals surface area contributed by atoms with Crippen molar-refractivity contribution in [2.24, 2.45) is 0 Å². The minimum Gasteiger partial charge on any atom is -0.472 e. The Morgan fingerprint density at radius 3 is 2.92 bits per heavy atom. The Kier molecular flexibility index (Phi) is 4.40. The number of ether oxygens (including phenoxy) is 1. The van der Waals surface area contributed by atoms with Crippen molar-refractivity contribution < 1.29 is 9.15 Å². The van der Waals surface area contributed by atoms with Crippen molar-refractivity contribution in [1.82, 2.24) is 19.4 Å². The van der Waals surface area contributed by atoms with E-state index in [2.05, 4.69) is 19.4 Å². The Morgan fingerprint density at radius 2 is 2.08 bits per heavy atom. The summed E-state index contributed by atoms with van der Waals surface area (Å²) in [6, 6.07) is 6.24. The molecule has 0 radical (unpaired) electrons. The van der Waals surface area contributed by atoms with E-state index < -0.39 is 0 Å². The fourth-order valence-electron chi connectivity index (χ4n) is 3.15. The predicted molar refractivity (Wildman–Crippen MR) is 88.0 cm³/mol. The summed E-state index contributed by atoms with van der Waals surface area (Å²) in [4.78, 5) is 10.7. The number of hydrogen-bond donors (Lipinski definition) is 0. The van der Waals surface area contributed by atoms with Crippen LogP contribution in [0, 0.1) is 0 Å². The summed E-state index contributed by atoms with van der Waals surface area (Å²) in [5, 5.41) is 0. The number of imidazole rings is 1. The van der Waals surface area contributed by atoms with Gasteiger partial charge in [-0.05, 0) is 23.8 Å². The average molecular weight is 324 g/mol. The second-order valence-corrected chi connectivity index (χ2v) is 6.12. The van der Waals surface area contributed by atoms with Gasteiger partial charge >= 0.3 is 0 Å². The number of rotatable bonds is 6. The summed E-state index contributed by atoms with van der Waals surface area (Å²) in [5.41, 5.74) is 3.56. The molecular weight excluding hydrogens is 304 g/mol. The van der Waals surface area contributed by atoms with Crippen molar-refractivity contribution in [1.29, 1.82) is 0 Å². The van der Waals surface area contributed by atoms with Gasteiger partial charge in [0.2, 0.25) is 0 Å². The molecule has 24 heavy (non-hydrogen) atoms. The van der Waals surface area contributed by atoms with Crippen molar-refractivity contribution in [3.05, 3.63) is 72.5 Å². The van der Waals surface area contributed by atoms with Crippen LogP contribution in [-0.4, -0.2) is 32.6 Å². The van der Waals surface area contributed by atoms with Gasteiger partial charge in [-0.2, -0.15) is 0 Å². The lowest BCUT2D eigenvalue weighted by molar-refractivity contribution is 0.0587. The van der Waals surface area contributed by atoms with E-state index in [1.54, 1.807) is 24.9 Å². The Bertz CT molecular complexity index is 754. The first-order chi connectivity index (χ1) is 11.9. The summed E-state index contributed by atoms with van der Waals surface area (Å²) in [7, 11) is 0. The standard InChI is InChI=1S/C18H20N4O2/c1-4-19-5-2-15(1)11-24-13-18-10-21(8-16-3-6-23-12-16)9-17-7-20-14-22(17)18/h1-7,12,14,18H,8-11,13H2/t18-/m1/s1. The molecule has 6 heteroatoms. The van der Waals surface area contributed by atoms with E-state index in [1.165, 1.54) is 11.3 Å². The Balaban J connectivity index is 1.40. The van der Waals surface area contributed by atoms with Crippen molar-refractivity contribution in [2.75, 3.05) is 13.2 Å². The van der Waals surface area contributed by atoms with E-state index in [0.717, 1.165) is 25.2 Å². The highest BCUT2D eigenvalue weighted by Crippen LogP contribution is 2.23. The zero-order chi connectivity index (χ0) is 16.2. The van der Waals surface area contributed by atoms with Crippen molar-refractivity contribution in [3.63, 3.8) is 0 Å². The predicted octanol–water partition coefficient (Wildman–Crippen LogP) is 2.64. The maximum Gasteiger partial charge on any atom is 0.0952 e. The number of hydrogen-bond acceptors (Lipinski definition) is 5. The Labute approximate surface area is 140 Å². The summed E-state index contributed by atoms with van der Waals surface area (Å²) < 4.78 is 13.4. The van der Waals surface area contributed by atoms with Crippen LogP contribution in [0.5, 0.6) is 0 Å². The van der Waals surface area contributed by atoms with Gasteiger partial charge in [-0.25, -0.2) is 4.98 Å². The smallest absolute Gasteiger partial charge is 0.0952 e. The maximum absolute atomic E-state index is 5.95. The molecule has 1 aliphatic rings. The quantitative estimate of drug-likeness (QED) is 0.698. The molecule has 1 atom stereocenters. The third-order valence-electron chi connectivity index (χ3n) is 4.31. The van der Waals surface area contributed by atoms with Gasteiger partial charge < -0.3 is 13.7 Å². The molecule has 0 amide bonds. The molecule has 4 heterocycles. The lowest BCUT2D eigenvalue weighted by Crippen LogP contribution is -2.38. The topological polar surface area (TPSA) is 56.3 Å². The molecule has 0 unspecified atom stereocenters. The second kappa shape index (κ2) is 6.98. The first kappa shape index (κ1) is 15.1. The van der Waals surface area contributed by atoms with Crippen molar-refractivity contribution in [3.8, 4) is 0 Å². The van der Waals surface area contributed by atoms with Crippen LogP contribution in [0.25, 0.3) is 0 Å². The number of pyridine rings is 1. The average Bonchev–Trinajstić information content (AvgIpc) is 3.27. The molecule has 0 fully saturated rings.